The van der Waals surface area contributed by atoms with E-state index in [1.54, 1.807) is 18.2 Å². The molecular formula is C10H11N3O3. The topological polar surface area (TPSA) is 107 Å². The summed E-state index contributed by atoms with van der Waals surface area (Å²) in [6, 6.07) is 3.99. The van der Waals surface area contributed by atoms with E-state index in [0.29, 0.717) is 17.0 Å². The maximum atomic E-state index is 11.1. The zero-order valence-corrected chi connectivity index (χ0v) is 8.40. The van der Waals surface area contributed by atoms with Gasteiger partial charge >= 0.3 is 0 Å². The lowest BCUT2D eigenvalue weighted by Gasteiger charge is -2.19. The molecule has 84 valence electrons. The van der Waals surface area contributed by atoms with E-state index in [-0.39, 0.29) is 12.5 Å². The van der Waals surface area contributed by atoms with Crippen molar-refractivity contribution in [2.45, 2.75) is 6.04 Å². The van der Waals surface area contributed by atoms with Crippen LogP contribution in [0.15, 0.2) is 18.2 Å². The summed E-state index contributed by atoms with van der Waals surface area (Å²) in [6.07, 6.45) is 0. The summed E-state index contributed by atoms with van der Waals surface area (Å²) in [5, 5.41) is 2.62. The molecule has 0 bridgehead atoms. The second-order valence-electron chi connectivity index (χ2n) is 3.47. The Morgan fingerprint density at radius 1 is 1.50 bits per heavy atom. The average Bonchev–Trinajstić information content (AvgIpc) is 2.26. The van der Waals surface area contributed by atoms with Crippen LogP contribution in [0.25, 0.3) is 0 Å². The van der Waals surface area contributed by atoms with E-state index in [0.717, 1.165) is 0 Å². The molecule has 1 atom stereocenters. The largest absolute Gasteiger partial charge is 0.482 e. The van der Waals surface area contributed by atoms with Gasteiger partial charge in [-0.3, -0.25) is 9.59 Å². The molecule has 1 aromatic rings. The predicted molar refractivity (Wildman–Crippen MR) is 56.7 cm³/mol. The van der Waals surface area contributed by atoms with Gasteiger partial charge < -0.3 is 21.5 Å². The van der Waals surface area contributed by atoms with Gasteiger partial charge in [0.15, 0.2) is 6.61 Å². The van der Waals surface area contributed by atoms with Gasteiger partial charge in [0.05, 0.1) is 5.69 Å². The number of anilines is 1. The highest BCUT2D eigenvalue weighted by Gasteiger charge is 2.19. The van der Waals surface area contributed by atoms with Crippen molar-refractivity contribution < 1.29 is 14.3 Å². The summed E-state index contributed by atoms with van der Waals surface area (Å²) in [4.78, 5) is 22.0. The van der Waals surface area contributed by atoms with Crippen molar-refractivity contribution in [1.29, 1.82) is 0 Å². The quantitative estimate of drug-likeness (QED) is 0.625. The minimum absolute atomic E-state index is 0.00573. The third-order valence-electron chi connectivity index (χ3n) is 2.30. The fraction of sp³-hybridized carbons (Fsp3) is 0.200. The van der Waals surface area contributed by atoms with E-state index in [9.17, 15) is 9.59 Å². The molecule has 1 aromatic carbocycles. The minimum atomic E-state index is -0.885. The molecule has 1 aliphatic rings. The van der Waals surface area contributed by atoms with Crippen LogP contribution in [-0.2, 0) is 9.59 Å². The van der Waals surface area contributed by atoms with Crippen LogP contribution in [0, 0.1) is 0 Å². The number of ether oxygens (including phenoxy) is 1. The molecule has 0 saturated carbocycles. The number of amides is 2. The Morgan fingerprint density at radius 2 is 2.25 bits per heavy atom. The molecule has 2 rings (SSSR count). The molecule has 6 heteroatoms. The number of hydrogen-bond acceptors (Lipinski definition) is 4. The molecular weight excluding hydrogens is 210 g/mol. The first-order valence-electron chi connectivity index (χ1n) is 4.69. The molecule has 1 unspecified atom stereocenters. The Bertz CT molecular complexity index is 459. The van der Waals surface area contributed by atoms with E-state index >= 15 is 0 Å². The highest BCUT2D eigenvalue weighted by molar-refractivity contribution is 5.95. The first-order valence-corrected chi connectivity index (χ1v) is 4.69. The zero-order valence-electron chi connectivity index (χ0n) is 8.40. The second-order valence-corrected chi connectivity index (χ2v) is 3.47. The van der Waals surface area contributed by atoms with Crippen LogP contribution in [0.3, 0.4) is 0 Å². The first kappa shape index (κ1) is 10.4. The number of carbonyl (C=O) groups is 2. The van der Waals surface area contributed by atoms with Gasteiger partial charge in [0.2, 0.25) is 5.91 Å². The van der Waals surface area contributed by atoms with Crippen LogP contribution >= 0.6 is 0 Å². The molecule has 0 radical (unpaired) electrons. The average molecular weight is 221 g/mol. The monoisotopic (exact) mass is 221 g/mol. The SMILES string of the molecule is NC(=O)C(N)c1ccc2c(c1)NC(=O)CO2. The number of nitrogens with two attached hydrogens (primary N) is 2. The molecule has 1 aliphatic heterocycles. The summed E-state index contributed by atoms with van der Waals surface area (Å²) >= 11 is 0. The van der Waals surface area contributed by atoms with Gasteiger partial charge in [-0.05, 0) is 17.7 Å². The zero-order chi connectivity index (χ0) is 11.7. The number of nitrogens with one attached hydrogen (secondary N) is 1. The first-order chi connectivity index (χ1) is 7.58. The van der Waals surface area contributed by atoms with Crippen LogP contribution < -0.4 is 21.5 Å². The number of carbonyl (C=O) groups excluding carboxylic acids is 2. The second kappa shape index (κ2) is 3.82. The van der Waals surface area contributed by atoms with Gasteiger partial charge in [0.25, 0.3) is 5.91 Å². The fourth-order valence-electron chi connectivity index (χ4n) is 1.46. The summed E-state index contributed by atoms with van der Waals surface area (Å²) in [5.74, 6) is -0.305. The van der Waals surface area contributed by atoms with Crippen molar-refractivity contribution in [3.05, 3.63) is 23.8 Å². The minimum Gasteiger partial charge on any atom is -0.482 e. The molecule has 16 heavy (non-hydrogen) atoms. The lowest BCUT2D eigenvalue weighted by atomic mass is 10.1. The standard InChI is InChI=1S/C10H11N3O3/c11-9(10(12)15)5-1-2-7-6(3-5)13-8(14)4-16-7/h1-3,9H,4,11H2,(H2,12,15)(H,13,14). The number of fused-ring (bicyclic) bond motifs is 1. The van der Waals surface area contributed by atoms with Gasteiger partial charge in [-0.1, -0.05) is 6.07 Å². The van der Waals surface area contributed by atoms with Crippen molar-refractivity contribution in [2.75, 3.05) is 11.9 Å². The van der Waals surface area contributed by atoms with Gasteiger partial charge in [0.1, 0.15) is 11.8 Å². The lowest BCUT2D eigenvalue weighted by Crippen LogP contribution is -2.29. The van der Waals surface area contributed by atoms with Gasteiger partial charge in [0, 0.05) is 0 Å². The van der Waals surface area contributed by atoms with Crippen molar-refractivity contribution >= 4 is 17.5 Å². The van der Waals surface area contributed by atoms with Crippen molar-refractivity contribution in [2.24, 2.45) is 11.5 Å². The van der Waals surface area contributed by atoms with Crippen LogP contribution in [0.2, 0.25) is 0 Å². The van der Waals surface area contributed by atoms with Crippen LogP contribution in [0.1, 0.15) is 11.6 Å². The molecule has 6 nitrogen and oxygen atoms in total. The Morgan fingerprint density at radius 3 is 2.94 bits per heavy atom. The normalized spacial score (nSPS) is 15.7. The van der Waals surface area contributed by atoms with E-state index in [4.69, 9.17) is 16.2 Å². The molecule has 0 aromatic heterocycles. The molecule has 0 saturated heterocycles. The number of hydrogen-bond donors (Lipinski definition) is 3. The van der Waals surface area contributed by atoms with E-state index in [1.165, 1.54) is 0 Å². The molecule has 2 amide bonds. The van der Waals surface area contributed by atoms with E-state index in [2.05, 4.69) is 5.32 Å². The number of benzene rings is 1. The summed E-state index contributed by atoms with van der Waals surface area (Å²) in [6.45, 7) is -0.00573. The Hall–Kier alpha value is -2.08. The number of primary amides is 1. The summed E-state index contributed by atoms with van der Waals surface area (Å²) in [5.41, 5.74) is 11.7. The fourth-order valence-corrected chi connectivity index (χ4v) is 1.46. The maximum absolute atomic E-state index is 11.1. The molecule has 0 aliphatic carbocycles. The van der Waals surface area contributed by atoms with Crippen molar-refractivity contribution in [3.8, 4) is 5.75 Å². The lowest BCUT2D eigenvalue weighted by molar-refractivity contribution is -0.119. The predicted octanol–water partition coefficient (Wildman–Crippen LogP) is -0.497. The highest BCUT2D eigenvalue weighted by Crippen LogP contribution is 2.29. The smallest absolute Gasteiger partial charge is 0.262 e. The number of rotatable bonds is 2. The van der Waals surface area contributed by atoms with Crippen LogP contribution in [0.5, 0.6) is 5.75 Å². The van der Waals surface area contributed by atoms with Crippen molar-refractivity contribution in [1.82, 2.24) is 0 Å². The van der Waals surface area contributed by atoms with Gasteiger partial charge in [-0.2, -0.15) is 0 Å². The Kier molecular flexibility index (Phi) is 2.49. The van der Waals surface area contributed by atoms with Gasteiger partial charge in [-0.25, -0.2) is 0 Å². The van der Waals surface area contributed by atoms with Crippen LogP contribution in [0.4, 0.5) is 5.69 Å². The summed E-state index contributed by atoms with van der Waals surface area (Å²) < 4.78 is 5.16. The third kappa shape index (κ3) is 1.82. The molecule has 1 heterocycles. The Labute approximate surface area is 91.6 Å². The van der Waals surface area contributed by atoms with E-state index in [1.807, 2.05) is 0 Å². The molecule has 0 fully saturated rings. The maximum Gasteiger partial charge on any atom is 0.262 e. The van der Waals surface area contributed by atoms with Crippen molar-refractivity contribution in [3.63, 3.8) is 0 Å². The summed E-state index contributed by atoms with van der Waals surface area (Å²) in [7, 11) is 0. The molecule has 5 N–H and O–H groups in total. The highest BCUT2D eigenvalue weighted by atomic mass is 16.5. The van der Waals surface area contributed by atoms with Gasteiger partial charge in [-0.15, -0.1) is 0 Å². The third-order valence-corrected chi connectivity index (χ3v) is 2.30. The Balaban J connectivity index is 2.34. The molecule has 0 spiro atoms. The van der Waals surface area contributed by atoms with Crippen LogP contribution in [-0.4, -0.2) is 18.4 Å². The van der Waals surface area contributed by atoms with E-state index < -0.39 is 11.9 Å².